The van der Waals surface area contributed by atoms with Crippen LogP contribution >= 0.6 is 22.9 Å². The molecule has 0 fully saturated rings. The highest BCUT2D eigenvalue weighted by atomic mass is 35.5. The fraction of sp³-hybridized carbons (Fsp3) is 0.385. The molecule has 0 amide bonds. The topological polar surface area (TPSA) is 37.8 Å². The van der Waals surface area contributed by atoms with Gasteiger partial charge in [0.2, 0.25) is 0 Å². The van der Waals surface area contributed by atoms with Gasteiger partial charge in [-0.3, -0.25) is 0 Å². The molecule has 1 atom stereocenters. The Labute approximate surface area is 116 Å². The van der Waals surface area contributed by atoms with E-state index in [1.165, 1.54) is 0 Å². The average molecular weight is 282 g/mol. The number of benzene rings is 1. The van der Waals surface area contributed by atoms with Gasteiger partial charge in [-0.05, 0) is 38.1 Å². The molecule has 18 heavy (non-hydrogen) atoms. The van der Waals surface area contributed by atoms with Crippen LogP contribution in [0.4, 0.5) is 0 Å². The Balaban J connectivity index is 2.29. The third kappa shape index (κ3) is 2.88. The molecule has 2 aromatic rings. The van der Waals surface area contributed by atoms with Gasteiger partial charge in [0.25, 0.3) is 0 Å². The molecule has 96 valence electrons. The third-order valence-electron chi connectivity index (χ3n) is 2.74. The number of halogens is 1. The Bertz CT molecular complexity index is 539. The SMILES string of the molecule is CCNC(C)c1nnc(-c2ccc(Cl)cc2C)s1. The van der Waals surface area contributed by atoms with E-state index in [1.807, 2.05) is 25.1 Å². The van der Waals surface area contributed by atoms with Crippen LogP contribution in [0.5, 0.6) is 0 Å². The lowest BCUT2D eigenvalue weighted by molar-refractivity contribution is 0.590. The van der Waals surface area contributed by atoms with Gasteiger partial charge in [0.05, 0.1) is 6.04 Å². The highest BCUT2D eigenvalue weighted by Crippen LogP contribution is 2.30. The van der Waals surface area contributed by atoms with E-state index in [0.717, 1.165) is 32.7 Å². The van der Waals surface area contributed by atoms with Gasteiger partial charge in [0, 0.05) is 10.6 Å². The standard InChI is InChI=1S/C13H16ClN3S/c1-4-15-9(3)12-16-17-13(18-12)11-6-5-10(14)7-8(11)2/h5-7,9,15H,4H2,1-3H3. The molecule has 5 heteroatoms. The molecule has 0 saturated carbocycles. The van der Waals surface area contributed by atoms with Gasteiger partial charge >= 0.3 is 0 Å². The molecule has 1 N–H and O–H groups in total. The number of aryl methyl sites for hydroxylation is 1. The second-order valence-electron chi connectivity index (χ2n) is 4.18. The number of nitrogens with zero attached hydrogens (tertiary/aromatic N) is 2. The second kappa shape index (κ2) is 5.78. The normalized spacial score (nSPS) is 12.7. The van der Waals surface area contributed by atoms with Gasteiger partial charge in [0.15, 0.2) is 0 Å². The smallest absolute Gasteiger partial charge is 0.148 e. The summed E-state index contributed by atoms with van der Waals surface area (Å²) in [6.07, 6.45) is 0. The lowest BCUT2D eigenvalue weighted by Gasteiger charge is -2.06. The predicted molar refractivity (Wildman–Crippen MR) is 77.2 cm³/mol. The molecule has 0 radical (unpaired) electrons. The molecule has 0 aliphatic rings. The molecule has 0 spiro atoms. The maximum atomic E-state index is 5.96. The van der Waals surface area contributed by atoms with Crippen molar-refractivity contribution in [3.63, 3.8) is 0 Å². The first kappa shape index (κ1) is 13.5. The van der Waals surface area contributed by atoms with Crippen molar-refractivity contribution in [2.45, 2.75) is 26.8 Å². The summed E-state index contributed by atoms with van der Waals surface area (Å²) in [5.41, 5.74) is 2.23. The Morgan fingerprint density at radius 1 is 1.39 bits per heavy atom. The highest BCUT2D eigenvalue weighted by Gasteiger charge is 2.13. The molecule has 2 rings (SSSR count). The van der Waals surface area contributed by atoms with Gasteiger partial charge in [0.1, 0.15) is 10.0 Å². The molecule has 3 nitrogen and oxygen atoms in total. The van der Waals surface area contributed by atoms with E-state index in [2.05, 4.69) is 29.4 Å². The van der Waals surface area contributed by atoms with Crippen LogP contribution < -0.4 is 5.32 Å². The van der Waals surface area contributed by atoms with Gasteiger partial charge < -0.3 is 5.32 Å². The number of aromatic nitrogens is 2. The molecule has 1 unspecified atom stereocenters. The summed E-state index contributed by atoms with van der Waals surface area (Å²) in [6, 6.07) is 6.08. The van der Waals surface area contributed by atoms with E-state index >= 15 is 0 Å². The molecule has 1 heterocycles. The monoisotopic (exact) mass is 281 g/mol. The molecule has 1 aromatic carbocycles. The zero-order valence-corrected chi connectivity index (χ0v) is 12.3. The summed E-state index contributed by atoms with van der Waals surface area (Å²) in [6.45, 7) is 7.15. The number of nitrogens with one attached hydrogen (secondary N) is 1. The lowest BCUT2D eigenvalue weighted by atomic mass is 10.1. The highest BCUT2D eigenvalue weighted by molar-refractivity contribution is 7.14. The maximum Gasteiger partial charge on any atom is 0.148 e. The van der Waals surface area contributed by atoms with Gasteiger partial charge in [-0.2, -0.15) is 0 Å². The minimum atomic E-state index is 0.244. The Morgan fingerprint density at radius 3 is 2.83 bits per heavy atom. The number of hydrogen-bond acceptors (Lipinski definition) is 4. The van der Waals surface area contributed by atoms with E-state index in [4.69, 9.17) is 11.6 Å². The summed E-state index contributed by atoms with van der Waals surface area (Å²) in [5, 5.41) is 14.6. The van der Waals surface area contributed by atoms with E-state index in [-0.39, 0.29) is 6.04 Å². The summed E-state index contributed by atoms with van der Waals surface area (Å²) < 4.78 is 0. The van der Waals surface area contributed by atoms with Crippen molar-refractivity contribution in [1.29, 1.82) is 0 Å². The van der Waals surface area contributed by atoms with Crippen LogP contribution in [0, 0.1) is 6.92 Å². The van der Waals surface area contributed by atoms with E-state index in [1.54, 1.807) is 11.3 Å². The van der Waals surface area contributed by atoms with Crippen molar-refractivity contribution in [2.24, 2.45) is 0 Å². The van der Waals surface area contributed by atoms with E-state index in [9.17, 15) is 0 Å². The molecule has 1 aromatic heterocycles. The molecule has 0 aliphatic heterocycles. The lowest BCUT2D eigenvalue weighted by Crippen LogP contribution is -2.17. The zero-order chi connectivity index (χ0) is 13.1. The maximum absolute atomic E-state index is 5.96. The van der Waals surface area contributed by atoms with Crippen molar-refractivity contribution < 1.29 is 0 Å². The van der Waals surface area contributed by atoms with Crippen LogP contribution in [0.15, 0.2) is 18.2 Å². The van der Waals surface area contributed by atoms with Crippen molar-refractivity contribution >= 4 is 22.9 Å². The minimum Gasteiger partial charge on any atom is -0.308 e. The zero-order valence-electron chi connectivity index (χ0n) is 10.7. The molecule has 0 bridgehead atoms. The summed E-state index contributed by atoms with van der Waals surface area (Å²) >= 11 is 7.58. The fourth-order valence-electron chi connectivity index (χ4n) is 1.78. The minimum absolute atomic E-state index is 0.244. The first-order chi connectivity index (χ1) is 8.61. The van der Waals surface area contributed by atoms with Crippen LogP contribution in [-0.4, -0.2) is 16.7 Å². The first-order valence-electron chi connectivity index (χ1n) is 5.95. The van der Waals surface area contributed by atoms with Crippen molar-refractivity contribution in [1.82, 2.24) is 15.5 Å². The largest absolute Gasteiger partial charge is 0.308 e. The van der Waals surface area contributed by atoms with Crippen LogP contribution in [0.3, 0.4) is 0 Å². The summed E-state index contributed by atoms with van der Waals surface area (Å²) in [7, 11) is 0. The Kier molecular flexibility index (Phi) is 4.32. The molecule has 0 saturated heterocycles. The van der Waals surface area contributed by atoms with Crippen LogP contribution in [0.25, 0.3) is 10.6 Å². The van der Waals surface area contributed by atoms with Crippen LogP contribution in [0.1, 0.15) is 30.5 Å². The van der Waals surface area contributed by atoms with Gasteiger partial charge in [-0.15, -0.1) is 10.2 Å². The predicted octanol–water partition coefficient (Wildman–Crippen LogP) is 3.84. The van der Waals surface area contributed by atoms with Crippen molar-refractivity contribution in [3.8, 4) is 10.6 Å². The molecular weight excluding hydrogens is 266 g/mol. The van der Waals surface area contributed by atoms with Crippen molar-refractivity contribution in [2.75, 3.05) is 6.54 Å². The van der Waals surface area contributed by atoms with Gasteiger partial charge in [-0.25, -0.2) is 0 Å². The summed E-state index contributed by atoms with van der Waals surface area (Å²) in [5.74, 6) is 0. The van der Waals surface area contributed by atoms with Crippen LogP contribution in [-0.2, 0) is 0 Å². The fourth-order valence-corrected chi connectivity index (χ4v) is 2.97. The third-order valence-corrected chi connectivity index (χ3v) is 4.11. The first-order valence-corrected chi connectivity index (χ1v) is 7.14. The molecular formula is C13H16ClN3S. The second-order valence-corrected chi connectivity index (χ2v) is 5.63. The molecule has 0 aliphatic carbocycles. The average Bonchev–Trinajstić information content (AvgIpc) is 2.78. The quantitative estimate of drug-likeness (QED) is 0.925. The van der Waals surface area contributed by atoms with E-state index < -0.39 is 0 Å². The number of hydrogen-bond donors (Lipinski definition) is 1. The van der Waals surface area contributed by atoms with E-state index in [0.29, 0.717) is 0 Å². The Morgan fingerprint density at radius 2 is 2.17 bits per heavy atom. The number of rotatable bonds is 4. The summed E-state index contributed by atoms with van der Waals surface area (Å²) in [4.78, 5) is 0. The van der Waals surface area contributed by atoms with Gasteiger partial charge in [-0.1, -0.05) is 35.9 Å². The van der Waals surface area contributed by atoms with Crippen LogP contribution in [0.2, 0.25) is 5.02 Å². The van der Waals surface area contributed by atoms with Crippen molar-refractivity contribution in [3.05, 3.63) is 33.8 Å². The Hall–Kier alpha value is -0.970.